The molecule has 1 fully saturated rings. The highest BCUT2D eigenvalue weighted by Crippen LogP contribution is 2.14. The van der Waals surface area contributed by atoms with Gasteiger partial charge in [-0.05, 0) is 37.0 Å². The number of hydrazine groups is 1. The summed E-state index contributed by atoms with van der Waals surface area (Å²) in [6.45, 7) is 1.92. The summed E-state index contributed by atoms with van der Waals surface area (Å²) in [6.07, 6.45) is 3.63. The van der Waals surface area contributed by atoms with Crippen LogP contribution >= 0.6 is 0 Å². The second-order valence-corrected chi connectivity index (χ2v) is 4.68. The van der Waals surface area contributed by atoms with Crippen LogP contribution in [0.15, 0.2) is 24.3 Å². The number of carbonyl (C=O) groups is 1. The molecule has 1 aliphatic rings. The summed E-state index contributed by atoms with van der Waals surface area (Å²) in [7, 11) is 0. The Hall–Kier alpha value is -1.43. The number of hydrogen-bond acceptors (Lipinski definition) is 4. The number of nitrogens with two attached hydrogens (primary N) is 1. The summed E-state index contributed by atoms with van der Waals surface area (Å²) >= 11 is 0. The average Bonchev–Trinajstić information content (AvgIpc) is 2.48. The van der Waals surface area contributed by atoms with Crippen molar-refractivity contribution in [2.75, 3.05) is 13.2 Å². The van der Waals surface area contributed by atoms with E-state index in [1.165, 1.54) is 6.42 Å². The first-order chi connectivity index (χ1) is 9.29. The van der Waals surface area contributed by atoms with Crippen molar-refractivity contribution in [2.45, 2.75) is 32.0 Å². The Morgan fingerprint density at radius 1 is 1.47 bits per heavy atom. The van der Waals surface area contributed by atoms with Crippen LogP contribution in [0.4, 0.5) is 0 Å². The molecule has 5 nitrogen and oxygen atoms in total. The SMILES string of the molecule is NNC(=O)c1cccc(COCC2CCCCO2)c1. The van der Waals surface area contributed by atoms with Gasteiger partial charge in [-0.25, -0.2) is 5.84 Å². The molecular weight excluding hydrogens is 244 g/mol. The smallest absolute Gasteiger partial charge is 0.265 e. The molecule has 0 aromatic heterocycles. The molecule has 2 rings (SSSR count). The number of benzene rings is 1. The Morgan fingerprint density at radius 2 is 2.37 bits per heavy atom. The van der Waals surface area contributed by atoms with Crippen molar-refractivity contribution in [3.05, 3.63) is 35.4 Å². The van der Waals surface area contributed by atoms with Crippen LogP contribution in [0.25, 0.3) is 0 Å². The molecule has 0 aliphatic carbocycles. The Bertz CT molecular complexity index is 417. The molecule has 1 saturated heterocycles. The average molecular weight is 264 g/mol. The van der Waals surface area contributed by atoms with Crippen LogP contribution in [-0.2, 0) is 16.1 Å². The van der Waals surface area contributed by atoms with Gasteiger partial charge in [0.05, 0.1) is 19.3 Å². The van der Waals surface area contributed by atoms with Gasteiger partial charge in [0, 0.05) is 12.2 Å². The Balaban J connectivity index is 1.80. The molecule has 19 heavy (non-hydrogen) atoms. The first kappa shape index (κ1) is 14.0. The summed E-state index contributed by atoms with van der Waals surface area (Å²) in [5, 5.41) is 0. The lowest BCUT2D eigenvalue weighted by Crippen LogP contribution is -2.30. The van der Waals surface area contributed by atoms with E-state index in [1.54, 1.807) is 12.1 Å². The molecule has 3 N–H and O–H groups in total. The van der Waals surface area contributed by atoms with E-state index in [9.17, 15) is 4.79 Å². The van der Waals surface area contributed by atoms with E-state index in [4.69, 9.17) is 15.3 Å². The molecule has 0 saturated carbocycles. The van der Waals surface area contributed by atoms with Crippen LogP contribution in [0.5, 0.6) is 0 Å². The van der Waals surface area contributed by atoms with Gasteiger partial charge in [-0.15, -0.1) is 0 Å². The number of hydrogen-bond donors (Lipinski definition) is 2. The van der Waals surface area contributed by atoms with E-state index in [0.29, 0.717) is 18.8 Å². The molecule has 1 heterocycles. The Morgan fingerprint density at radius 3 is 3.11 bits per heavy atom. The first-order valence-corrected chi connectivity index (χ1v) is 6.59. The predicted molar refractivity (Wildman–Crippen MR) is 71.3 cm³/mol. The summed E-state index contributed by atoms with van der Waals surface area (Å²) in [4.78, 5) is 11.4. The third kappa shape index (κ3) is 4.31. The van der Waals surface area contributed by atoms with Crippen LogP contribution in [-0.4, -0.2) is 25.2 Å². The maximum atomic E-state index is 11.4. The zero-order chi connectivity index (χ0) is 13.5. The second-order valence-electron chi connectivity index (χ2n) is 4.68. The molecule has 1 unspecified atom stereocenters. The molecule has 0 bridgehead atoms. The lowest BCUT2D eigenvalue weighted by atomic mass is 10.1. The number of carbonyl (C=O) groups excluding carboxylic acids is 1. The molecule has 1 aromatic carbocycles. The predicted octanol–water partition coefficient (Wildman–Crippen LogP) is 1.38. The topological polar surface area (TPSA) is 73.6 Å². The normalized spacial score (nSPS) is 19.1. The van der Waals surface area contributed by atoms with Crippen LogP contribution in [0.3, 0.4) is 0 Å². The number of ether oxygens (including phenoxy) is 2. The van der Waals surface area contributed by atoms with Gasteiger partial charge in [0.25, 0.3) is 5.91 Å². The highest BCUT2D eigenvalue weighted by molar-refractivity contribution is 5.93. The summed E-state index contributed by atoms with van der Waals surface area (Å²) in [5.74, 6) is 4.81. The van der Waals surface area contributed by atoms with E-state index >= 15 is 0 Å². The Labute approximate surface area is 113 Å². The van der Waals surface area contributed by atoms with E-state index < -0.39 is 0 Å². The van der Waals surface area contributed by atoms with Gasteiger partial charge in [0.15, 0.2) is 0 Å². The van der Waals surface area contributed by atoms with Crippen molar-refractivity contribution in [3.8, 4) is 0 Å². The van der Waals surface area contributed by atoms with E-state index in [2.05, 4.69) is 5.43 Å². The van der Waals surface area contributed by atoms with Crippen molar-refractivity contribution >= 4 is 5.91 Å². The minimum absolute atomic E-state index is 0.212. The van der Waals surface area contributed by atoms with Crippen LogP contribution in [0, 0.1) is 0 Å². The zero-order valence-corrected chi connectivity index (χ0v) is 10.9. The summed E-state index contributed by atoms with van der Waals surface area (Å²) < 4.78 is 11.2. The lowest BCUT2D eigenvalue weighted by molar-refractivity contribution is -0.0447. The van der Waals surface area contributed by atoms with Gasteiger partial charge in [-0.3, -0.25) is 10.2 Å². The summed E-state index contributed by atoms with van der Waals surface area (Å²) in [5.41, 5.74) is 3.61. The second kappa shape index (κ2) is 7.23. The fourth-order valence-electron chi connectivity index (χ4n) is 2.13. The first-order valence-electron chi connectivity index (χ1n) is 6.59. The standard InChI is InChI=1S/C14H20N2O3/c15-16-14(17)12-5-3-4-11(8-12)9-18-10-13-6-1-2-7-19-13/h3-5,8,13H,1-2,6-7,9-10,15H2,(H,16,17). The van der Waals surface area contributed by atoms with Gasteiger partial charge in [-0.2, -0.15) is 0 Å². The van der Waals surface area contributed by atoms with E-state index in [0.717, 1.165) is 25.0 Å². The maximum absolute atomic E-state index is 11.4. The third-order valence-corrected chi connectivity index (χ3v) is 3.17. The van der Waals surface area contributed by atoms with Crippen LogP contribution in [0.2, 0.25) is 0 Å². The fourth-order valence-corrected chi connectivity index (χ4v) is 2.13. The molecule has 1 amide bonds. The van der Waals surface area contributed by atoms with E-state index in [-0.39, 0.29) is 12.0 Å². The summed E-state index contributed by atoms with van der Waals surface area (Å²) in [6, 6.07) is 7.25. The zero-order valence-electron chi connectivity index (χ0n) is 10.9. The number of amides is 1. The minimum Gasteiger partial charge on any atom is -0.376 e. The van der Waals surface area contributed by atoms with Crippen LogP contribution in [0.1, 0.15) is 35.2 Å². The fraction of sp³-hybridized carbons (Fsp3) is 0.500. The maximum Gasteiger partial charge on any atom is 0.265 e. The number of nitrogen functional groups attached to an aromatic ring is 1. The molecule has 1 aromatic rings. The number of rotatable bonds is 5. The molecule has 0 radical (unpaired) electrons. The molecule has 0 spiro atoms. The molecule has 104 valence electrons. The Kier molecular flexibility index (Phi) is 5.32. The van der Waals surface area contributed by atoms with Crippen molar-refractivity contribution < 1.29 is 14.3 Å². The van der Waals surface area contributed by atoms with E-state index in [1.807, 2.05) is 12.1 Å². The van der Waals surface area contributed by atoms with Gasteiger partial charge < -0.3 is 9.47 Å². The third-order valence-electron chi connectivity index (χ3n) is 3.17. The molecule has 5 heteroatoms. The quantitative estimate of drug-likeness (QED) is 0.478. The van der Waals surface area contributed by atoms with Crippen molar-refractivity contribution in [3.63, 3.8) is 0 Å². The molecular formula is C14H20N2O3. The molecule has 1 atom stereocenters. The van der Waals surface area contributed by atoms with Gasteiger partial charge in [0.2, 0.25) is 0 Å². The van der Waals surface area contributed by atoms with Crippen molar-refractivity contribution in [1.29, 1.82) is 0 Å². The van der Waals surface area contributed by atoms with Gasteiger partial charge in [-0.1, -0.05) is 12.1 Å². The largest absolute Gasteiger partial charge is 0.376 e. The lowest BCUT2D eigenvalue weighted by Gasteiger charge is -2.22. The monoisotopic (exact) mass is 264 g/mol. The van der Waals surface area contributed by atoms with Gasteiger partial charge >= 0.3 is 0 Å². The highest BCUT2D eigenvalue weighted by atomic mass is 16.5. The van der Waals surface area contributed by atoms with Crippen molar-refractivity contribution in [1.82, 2.24) is 5.43 Å². The van der Waals surface area contributed by atoms with Gasteiger partial charge in [0.1, 0.15) is 0 Å². The van der Waals surface area contributed by atoms with Crippen molar-refractivity contribution in [2.24, 2.45) is 5.84 Å². The molecule has 1 aliphatic heterocycles. The number of nitrogens with one attached hydrogen (secondary N) is 1. The highest BCUT2D eigenvalue weighted by Gasteiger charge is 2.13. The minimum atomic E-state index is -0.294. The van der Waals surface area contributed by atoms with Crippen LogP contribution < -0.4 is 11.3 Å².